The van der Waals surface area contributed by atoms with Crippen LogP contribution in [0.3, 0.4) is 0 Å². The fraction of sp³-hybridized carbons (Fsp3) is 0.235. The lowest BCUT2D eigenvalue weighted by Crippen LogP contribution is -2.20. The smallest absolute Gasteiger partial charge is 0.200 e. The van der Waals surface area contributed by atoms with Gasteiger partial charge in [-0.2, -0.15) is 18.4 Å². The molecule has 0 aliphatic heterocycles. The van der Waals surface area contributed by atoms with Gasteiger partial charge in [-0.1, -0.05) is 59.6 Å². The summed E-state index contributed by atoms with van der Waals surface area (Å²) in [5.41, 5.74) is 1.67. The van der Waals surface area contributed by atoms with Crippen molar-refractivity contribution in [3.05, 3.63) is 64.6 Å². The Balaban J connectivity index is 2.23. The number of benzene rings is 2. The average Bonchev–Trinajstić information content (AvgIpc) is 2.56. The van der Waals surface area contributed by atoms with Gasteiger partial charge in [-0.25, -0.2) is 0 Å². The molecule has 0 heterocycles. The van der Waals surface area contributed by atoms with Crippen molar-refractivity contribution in [2.24, 2.45) is 5.10 Å². The van der Waals surface area contributed by atoms with Gasteiger partial charge in [0.2, 0.25) is 0 Å². The number of hydrazone groups is 1. The summed E-state index contributed by atoms with van der Waals surface area (Å²) in [5, 5.41) is 4.17. The largest absolute Gasteiger partial charge is 0.276 e. The Morgan fingerprint density at radius 2 is 1.74 bits per heavy atom. The van der Waals surface area contributed by atoms with Crippen LogP contribution in [-0.4, -0.2) is 14.1 Å². The molecule has 0 radical (unpaired) electrons. The van der Waals surface area contributed by atoms with E-state index in [0.29, 0.717) is 0 Å². The van der Waals surface area contributed by atoms with Crippen molar-refractivity contribution in [1.29, 1.82) is 0 Å². The van der Waals surface area contributed by atoms with Crippen molar-refractivity contribution in [1.82, 2.24) is 4.83 Å². The van der Waals surface area contributed by atoms with Gasteiger partial charge in [0, 0.05) is 4.47 Å². The van der Waals surface area contributed by atoms with Crippen LogP contribution in [0, 0.1) is 0 Å². The molecule has 0 saturated carbocycles. The number of sulfonamides is 1. The predicted molar refractivity (Wildman–Crippen MR) is 97.0 cm³/mol. The van der Waals surface area contributed by atoms with Crippen LogP contribution in [0.5, 0.6) is 0 Å². The molecule has 1 N–H and O–H groups in total. The van der Waals surface area contributed by atoms with Gasteiger partial charge in [0.25, 0.3) is 10.0 Å². The van der Waals surface area contributed by atoms with Gasteiger partial charge in [-0.15, -0.1) is 0 Å². The summed E-state index contributed by atoms with van der Waals surface area (Å²) in [5.74, 6) is 0. The summed E-state index contributed by atoms with van der Waals surface area (Å²) in [6.45, 7) is 2.09. The quantitative estimate of drug-likeness (QED) is 0.561. The van der Waals surface area contributed by atoms with Crippen molar-refractivity contribution in [2.45, 2.75) is 31.1 Å². The minimum Gasteiger partial charge on any atom is -0.200 e. The van der Waals surface area contributed by atoms with Crippen molar-refractivity contribution in [2.75, 3.05) is 0 Å². The Morgan fingerprint density at radius 1 is 1.09 bits per heavy atom. The Morgan fingerprint density at radius 3 is 2.35 bits per heavy atom. The maximum absolute atomic E-state index is 12.3. The molecule has 0 saturated heterocycles. The second-order valence-corrected chi connectivity index (χ2v) is 7.65. The number of rotatable bonds is 7. The van der Waals surface area contributed by atoms with E-state index in [-0.39, 0.29) is 4.90 Å². The number of nitrogens with one attached hydrogen (secondary N) is 1. The summed E-state index contributed by atoms with van der Waals surface area (Å²) in [7, 11) is -3.66. The standard InChI is InChI=1S/C17H19BrN2O2S/c1-2-3-9-17(14-7-5-4-6-8-14)19-20-23(21,22)16-12-10-15(18)11-13-16/h4-8,10-13,20H,2-3,9H2,1H3/b19-17+. The van der Waals surface area contributed by atoms with Gasteiger partial charge in [0.15, 0.2) is 0 Å². The predicted octanol–water partition coefficient (Wildman–Crippen LogP) is 4.32. The molecule has 23 heavy (non-hydrogen) atoms. The van der Waals surface area contributed by atoms with Gasteiger partial charge < -0.3 is 0 Å². The van der Waals surface area contributed by atoms with Crippen molar-refractivity contribution in [3.8, 4) is 0 Å². The fourth-order valence-electron chi connectivity index (χ4n) is 2.02. The molecule has 2 aromatic carbocycles. The van der Waals surface area contributed by atoms with Crippen molar-refractivity contribution >= 4 is 31.7 Å². The fourth-order valence-corrected chi connectivity index (χ4v) is 3.12. The van der Waals surface area contributed by atoms with Gasteiger partial charge in [0.05, 0.1) is 10.6 Å². The molecule has 0 amide bonds. The molecule has 0 aliphatic rings. The lowest BCUT2D eigenvalue weighted by Gasteiger charge is -2.08. The molecule has 0 fully saturated rings. The molecule has 0 aliphatic carbocycles. The molecule has 4 nitrogen and oxygen atoms in total. The molecular formula is C17H19BrN2O2S. The normalized spacial score (nSPS) is 12.2. The molecule has 0 aromatic heterocycles. The lowest BCUT2D eigenvalue weighted by atomic mass is 10.1. The Bertz CT molecular complexity index is 757. The Hall–Kier alpha value is -1.66. The highest BCUT2D eigenvalue weighted by molar-refractivity contribution is 9.10. The highest BCUT2D eigenvalue weighted by Gasteiger charge is 2.13. The molecule has 2 aromatic rings. The summed E-state index contributed by atoms with van der Waals surface area (Å²) >= 11 is 3.29. The Kier molecular flexibility index (Phi) is 6.36. The van der Waals surface area contributed by atoms with Crippen LogP contribution in [0.2, 0.25) is 0 Å². The van der Waals surface area contributed by atoms with Gasteiger partial charge in [-0.3, -0.25) is 0 Å². The monoisotopic (exact) mass is 394 g/mol. The van der Waals surface area contributed by atoms with Crippen LogP contribution in [0.1, 0.15) is 31.7 Å². The van der Waals surface area contributed by atoms with Gasteiger partial charge in [-0.05, 0) is 42.7 Å². The van der Waals surface area contributed by atoms with E-state index in [0.717, 1.165) is 35.0 Å². The number of hydrogen-bond donors (Lipinski definition) is 1. The third-order valence-electron chi connectivity index (χ3n) is 3.30. The number of unbranched alkanes of at least 4 members (excludes halogenated alkanes) is 1. The Labute approximate surface area is 145 Å². The average molecular weight is 395 g/mol. The minimum absolute atomic E-state index is 0.187. The summed E-state index contributed by atoms with van der Waals surface area (Å²) in [6, 6.07) is 16.1. The molecule has 0 spiro atoms. The zero-order valence-electron chi connectivity index (χ0n) is 12.9. The topological polar surface area (TPSA) is 58.5 Å². The highest BCUT2D eigenvalue weighted by atomic mass is 79.9. The van der Waals surface area contributed by atoms with E-state index in [2.05, 4.69) is 32.8 Å². The minimum atomic E-state index is -3.66. The first-order valence-electron chi connectivity index (χ1n) is 7.42. The summed E-state index contributed by atoms with van der Waals surface area (Å²) in [4.78, 5) is 2.53. The number of hydrogen-bond acceptors (Lipinski definition) is 3. The van der Waals surface area contributed by atoms with E-state index in [1.165, 1.54) is 12.1 Å². The first-order chi connectivity index (χ1) is 11.0. The van der Waals surface area contributed by atoms with Crippen molar-refractivity contribution in [3.63, 3.8) is 0 Å². The van der Waals surface area contributed by atoms with E-state index < -0.39 is 10.0 Å². The van der Waals surface area contributed by atoms with Crippen LogP contribution in [0.25, 0.3) is 0 Å². The van der Waals surface area contributed by atoms with Gasteiger partial charge in [0.1, 0.15) is 0 Å². The maximum atomic E-state index is 12.3. The molecule has 6 heteroatoms. The molecule has 0 bridgehead atoms. The molecule has 0 unspecified atom stereocenters. The van der Waals surface area contributed by atoms with E-state index in [1.54, 1.807) is 12.1 Å². The zero-order chi connectivity index (χ0) is 16.7. The maximum Gasteiger partial charge on any atom is 0.276 e. The first kappa shape index (κ1) is 17.7. The number of nitrogens with zero attached hydrogens (tertiary/aromatic N) is 1. The highest BCUT2D eigenvalue weighted by Crippen LogP contribution is 2.15. The van der Waals surface area contributed by atoms with Crippen LogP contribution < -0.4 is 4.83 Å². The second-order valence-electron chi connectivity index (χ2n) is 5.08. The molecular weight excluding hydrogens is 376 g/mol. The summed E-state index contributed by atoms with van der Waals surface area (Å²) < 4.78 is 25.5. The lowest BCUT2D eigenvalue weighted by molar-refractivity contribution is 0.584. The van der Waals surface area contributed by atoms with Crippen LogP contribution in [0.4, 0.5) is 0 Å². The second kappa shape index (κ2) is 8.26. The zero-order valence-corrected chi connectivity index (χ0v) is 15.3. The molecule has 122 valence electrons. The SMILES string of the molecule is CCCC/C(=N\NS(=O)(=O)c1ccc(Br)cc1)c1ccccc1. The van der Waals surface area contributed by atoms with Crippen LogP contribution in [-0.2, 0) is 10.0 Å². The van der Waals surface area contributed by atoms with Gasteiger partial charge >= 0.3 is 0 Å². The first-order valence-corrected chi connectivity index (χ1v) is 9.70. The number of halogens is 1. The third kappa shape index (κ3) is 5.18. The summed E-state index contributed by atoms with van der Waals surface area (Å²) in [6.07, 6.45) is 2.70. The van der Waals surface area contributed by atoms with Crippen LogP contribution >= 0.6 is 15.9 Å². The molecule has 2 rings (SSSR count). The van der Waals surface area contributed by atoms with E-state index in [4.69, 9.17) is 0 Å². The third-order valence-corrected chi connectivity index (χ3v) is 5.05. The van der Waals surface area contributed by atoms with Crippen molar-refractivity contribution < 1.29 is 8.42 Å². The van der Waals surface area contributed by atoms with E-state index in [9.17, 15) is 8.42 Å². The van der Waals surface area contributed by atoms with Crippen LogP contribution in [0.15, 0.2) is 69.1 Å². The molecule has 0 atom stereocenters. The van der Waals surface area contributed by atoms with E-state index >= 15 is 0 Å². The van der Waals surface area contributed by atoms with E-state index in [1.807, 2.05) is 30.3 Å².